The average molecular weight is 462 g/mol. The van der Waals surface area contributed by atoms with Gasteiger partial charge in [0.05, 0.1) is 0 Å². The first-order chi connectivity index (χ1) is 17.6. The highest BCUT2D eigenvalue weighted by atomic mass is 15.1. The molecule has 4 aromatic carbocycles. The van der Waals surface area contributed by atoms with E-state index in [0.717, 1.165) is 12.8 Å². The summed E-state index contributed by atoms with van der Waals surface area (Å²) in [7, 11) is 2.27. The number of anilines is 1. The fourth-order valence-electron chi connectivity index (χ4n) is 7.17. The lowest BCUT2D eigenvalue weighted by atomic mass is 9.32. The average Bonchev–Trinajstić information content (AvgIpc) is 3.18. The van der Waals surface area contributed by atoms with Crippen molar-refractivity contribution < 1.29 is 0 Å². The minimum atomic E-state index is 0.267. The van der Waals surface area contributed by atoms with E-state index >= 15 is 0 Å². The van der Waals surface area contributed by atoms with Crippen LogP contribution in [0.5, 0.6) is 0 Å². The Balaban J connectivity index is 1.46. The zero-order chi connectivity index (χ0) is 24.1. The molecule has 0 saturated carbocycles. The summed E-state index contributed by atoms with van der Waals surface area (Å²) >= 11 is 0. The van der Waals surface area contributed by atoms with E-state index in [1.54, 1.807) is 0 Å². The second-order valence-corrected chi connectivity index (χ2v) is 10.6. The van der Waals surface area contributed by atoms with Crippen molar-refractivity contribution in [2.24, 2.45) is 0 Å². The molecule has 3 heteroatoms. The van der Waals surface area contributed by atoms with Gasteiger partial charge in [-0.3, -0.25) is 0 Å². The number of allylic oxidation sites excluding steroid dienone is 3. The first kappa shape index (κ1) is 20.2. The highest BCUT2D eigenvalue weighted by Crippen LogP contribution is 2.45. The van der Waals surface area contributed by atoms with Gasteiger partial charge in [-0.25, -0.2) is 0 Å². The summed E-state index contributed by atoms with van der Waals surface area (Å²) in [6.45, 7) is 4.85. The quantitative estimate of drug-likeness (QED) is 0.256. The van der Waals surface area contributed by atoms with E-state index in [0.29, 0.717) is 0 Å². The third-order valence-corrected chi connectivity index (χ3v) is 8.88. The molecule has 5 aromatic rings. The fraction of sp³-hybridized carbons (Fsp3) is 0.152. The molecule has 0 atom stereocenters. The first-order valence-electron chi connectivity index (χ1n) is 13.0. The number of para-hydroxylation sites is 2. The lowest BCUT2D eigenvalue weighted by molar-refractivity contribution is 0.902. The lowest BCUT2D eigenvalue weighted by Gasteiger charge is -2.43. The second-order valence-electron chi connectivity index (χ2n) is 10.6. The van der Waals surface area contributed by atoms with Gasteiger partial charge in [0.2, 0.25) is 0 Å². The maximum atomic E-state index is 2.59. The molecular formula is C33H27BN2. The van der Waals surface area contributed by atoms with E-state index in [-0.39, 0.29) is 6.71 Å². The minimum Gasteiger partial charge on any atom is -0.345 e. The topological polar surface area (TPSA) is 8.17 Å². The number of hydrogen-bond acceptors (Lipinski definition) is 1. The predicted octanol–water partition coefficient (Wildman–Crippen LogP) is 6.58. The van der Waals surface area contributed by atoms with Crippen LogP contribution in [0.25, 0.3) is 38.5 Å². The standard InChI is InChI=1S/C33H27BN2/c1-20-21(2)36-30-16-8-15-29-31(30)34(28-14-6-11-25(20)33(28)36)27-13-7-12-26(32(27)35(29)3)24-18-17-22-9-4-5-10-23(22)19-24/h4-7,9-15,17-19H,8,16H2,1-3H3. The van der Waals surface area contributed by atoms with Crippen LogP contribution in [-0.2, 0) is 0 Å². The predicted molar refractivity (Wildman–Crippen MR) is 155 cm³/mol. The number of likely N-dealkylation sites (N-methyl/N-ethyl adjacent to an activating group) is 1. The van der Waals surface area contributed by atoms with Crippen molar-refractivity contribution in [1.82, 2.24) is 4.57 Å². The summed E-state index contributed by atoms with van der Waals surface area (Å²) in [6.07, 6.45) is 4.66. The first-order valence-corrected chi connectivity index (χ1v) is 13.0. The van der Waals surface area contributed by atoms with Crippen molar-refractivity contribution in [2.75, 3.05) is 11.9 Å². The maximum Gasteiger partial charge on any atom is 0.251 e. The van der Waals surface area contributed by atoms with E-state index in [2.05, 4.69) is 115 Å². The van der Waals surface area contributed by atoms with Crippen LogP contribution in [0.4, 0.5) is 5.69 Å². The molecule has 2 aliphatic heterocycles. The number of aryl methyl sites for hydroxylation is 1. The summed E-state index contributed by atoms with van der Waals surface area (Å²) < 4.78 is 2.59. The van der Waals surface area contributed by atoms with Gasteiger partial charge >= 0.3 is 0 Å². The summed E-state index contributed by atoms with van der Waals surface area (Å²) in [5.41, 5.74) is 15.4. The van der Waals surface area contributed by atoms with Gasteiger partial charge < -0.3 is 9.47 Å². The molecule has 0 radical (unpaired) electrons. The normalized spacial score (nSPS) is 15.9. The van der Waals surface area contributed by atoms with Crippen molar-refractivity contribution in [1.29, 1.82) is 0 Å². The van der Waals surface area contributed by atoms with Crippen LogP contribution in [0.1, 0.15) is 24.1 Å². The van der Waals surface area contributed by atoms with Gasteiger partial charge in [-0.2, -0.15) is 0 Å². The molecule has 172 valence electrons. The molecule has 0 spiro atoms. The van der Waals surface area contributed by atoms with Crippen LogP contribution >= 0.6 is 0 Å². The molecule has 0 saturated heterocycles. The van der Waals surface area contributed by atoms with Gasteiger partial charge in [0.1, 0.15) is 0 Å². The Morgan fingerprint density at radius 3 is 2.50 bits per heavy atom. The minimum absolute atomic E-state index is 0.267. The Bertz CT molecular complexity index is 1830. The van der Waals surface area contributed by atoms with Crippen molar-refractivity contribution in [3.05, 3.63) is 107 Å². The van der Waals surface area contributed by atoms with Gasteiger partial charge in [0.25, 0.3) is 6.71 Å². The monoisotopic (exact) mass is 462 g/mol. The molecule has 1 aliphatic carbocycles. The van der Waals surface area contributed by atoms with Crippen LogP contribution in [0.2, 0.25) is 0 Å². The molecule has 8 rings (SSSR count). The second kappa shape index (κ2) is 7.04. The number of aromatic nitrogens is 1. The van der Waals surface area contributed by atoms with Gasteiger partial charge in [-0.05, 0) is 71.1 Å². The molecule has 0 fully saturated rings. The van der Waals surface area contributed by atoms with E-state index in [9.17, 15) is 0 Å². The highest BCUT2D eigenvalue weighted by molar-refractivity contribution is 6.95. The van der Waals surface area contributed by atoms with Crippen molar-refractivity contribution in [2.45, 2.75) is 26.7 Å². The van der Waals surface area contributed by atoms with Gasteiger partial charge in [0.15, 0.2) is 0 Å². The molecule has 36 heavy (non-hydrogen) atoms. The van der Waals surface area contributed by atoms with E-state index in [1.807, 2.05) is 0 Å². The fourth-order valence-corrected chi connectivity index (χ4v) is 7.17. The Morgan fingerprint density at radius 2 is 1.61 bits per heavy atom. The van der Waals surface area contributed by atoms with E-state index in [1.165, 1.54) is 77.5 Å². The number of rotatable bonds is 1. The molecule has 3 heterocycles. The molecule has 1 aromatic heterocycles. The zero-order valence-corrected chi connectivity index (χ0v) is 21.0. The number of hydrogen-bond donors (Lipinski definition) is 0. The summed E-state index contributed by atoms with van der Waals surface area (Å²) in [6, 6.07) is 29.4. The van der Waals surface area contributed by atoms with Crippen LogP contribution in [-0.4, -0.2) is 18.3 Å². The zero-order valence-electron chi connectivity index (χ0n) is 21.0. The summed E-state index contributed by atoms with van der Waals surface area (Å²) in [5.74, 6) is 0. The van der Waals surface area contributed by atoms with Crippen LogP contribution in [0, 0.1) is 13.8 Å². The summed E-state index contributed by atoms with van der Waals surface area (Å²) in [5, 5.41) is 3.98. The van der Waals surface area contributed by atoms with Gasteiger partial charge in [-0.1, -0.05) is 78.9 Å². The van der Waals surface area contributed by atoms with Gasteiger partial charge in [-0.15, -0.1) is 0 Å². The van der Waals surface area contributed by atoms with Crippen molar-refractivity contribution in [3.8, 4) is 11.1 Å². The molecule has 2 nitrogen and oxygen atoms in total. The molecule has 3 aliphatic rings. The number of benzene rings is 4. The maximum absolute atomic E-state index is 2.59. The van der Waals surface area contributed by atoms with Crippen LogP contribution in [0.15, 0.2) is 96.1 Å². The molecule has 0 unspecified atom stereocenters. The molecular weight excluding hydrogens is 435 g/mol. The Labute approximate surface area is 212 Å². The van der Waals surface area contributed by atoms with Gasteiger partial charge in [0, 0.05) is 46.3 Å². The largest absolute Gasteiger partial charge is 0.345 e. The summed E-state index contributed by atoms with van der Waals surface area (Å²) in [4.78, 5) is 2.47. The van der Waals surface area contributed by atoms with E-state index < -0.39 is 0 Å². The lowest BCUT2D eigenvalue weighted by Crippen LogP contribution is -2.55. The smallest absolute Gasteiger partial charge is 0.251 e. The highest BCUT2D eigenvalue weighted by Gasteiger charge is 2.43. The molecule has 0 N–H and O–H groups in total. The van der Waals surface area contributed by atoms with Crippen molar-refractivity contribution in [3.63, 3.8) is 0 Å². The third kappa shape index (κ3) is 2.43. The Kier molecular flexibility index (Phi) is 3.96. The Morgan fingerprint density at radius 1 is 0.806 bits per heavy atom. The third-order valence-electron chi connectivity index (χ3n) is 8.88. The SMILES string of the molecule is Cc1c(C)n2c3c(cccc13)B1C3=C2CCC=C3N(C)c2c1cccc2-c1ccc2ccccc2c1. The molecule has 0 amide bonds. The van der Waals surface area contributed by atoms with Crippen molar-refractivity contribution >= 4 is 50.7 Å². The molecule has 0 bridgehead atoms. The van der Waals surface area contributed by atoms with E-state index in [4.69, 9.17) is 0 Å². The number of nitrogens with zero attached hydrogens (tertiary/aromatic N) is 2. The van der Waals surface area contributed by atoms with Crippen LogP contribution < -0.4 is 15.8 Å². The van der Waals surface area contributed by atoms with Crippen LogP contribution in [0.3, 0.4) is 0 Å². The Hall–Kier alpha value is -3.98. The number of fused-ring (bicyclic) bond motifs is 5.